The lowest BCUT2D eigenvalue weighted by Crippen LogP contribution is -2.16. The highest BCUT2D eigenvalue weighted by atomic mass is 32.2. The minimum atomic E-state index is -4.06. The molecule has 1 aromatic heterocycles. The molecular weight excluding hydrogens is 298 g/mol. The van der Waals surface area contributed by atoms with Crippen LogP contribution in [0.3, 0.4) is 0 Å². The van der Waals surface area contributed by atoms with E-state index in [9.17, 15) is 18.5 Å². The first kappa shape index (κ1) is 14.5. The third-order valence-electron chi connectivity index (χ3n) is 2.63. The van der Waals surface area contributed by atoms with Gasteiger partial charge < -0.3 is 0 Å². The van der Waals surface area contributed by atoms with Crippen LogP contribution in [0.1, 0.15) is 5.56 Å². The number of rotatable bonds is 4. The highest BCUT2D eigenvalue weighted by Gasteiger charge is 2.21. The molecule has 0 bridgehead atoms. The van der Waals surface area contributed by atoms with Crippen molar-refractivity contribution in [2.75, 3.05) is 4.72 Å². The van der Waals surface area contributed by atoms with Crippen LogP contribution in [0.2, 0.25) is 0 Å². The lowest BCUT2D eigenvalue weighted by molar-refractivity contribution is -0.385. The van der Waals surface area contributed by atoms with Crippen molar-refractivity contribution >= 4 is 21.5 Å². The Kier molecular flexibility index (Phi) is 3.60. The van der Waals surface area contributed by atoms with E-state index in [-0.39, 0.29) is 22.0 Å². The third kappa shape index (κ3) is 2.82. The molecule has 0 radical (unpaired) electrons. The number of benzene rings is 1. The highest BCUT2D eigenvalue weighted by Crippen LogP contribution is 2.21. The summed E-state index contributed by atoms with van der Waals surface area (Å²) in [6, 6.07) is 6.41. The summed E-state index contributed by atoms with van der Waals surface area (Å²) in [6.07, 6.45) is 1.21. The lowest BCUT2D eigenvalue weighted by Gasteiger charge is -2.08. The van der Waals surface area contributed by atoms with Crippen molar-refractivity contribution < 1.29 is 13.3 Å². The second kappa shape index (κ2) is 5.22. The van der Waals surface area contributed by atoms with Crippen LogP contribution in [0.25, 0.3) is 0 Å². The van der Waals surface area contributed by atoms with E-state index < -0.39 is 14.9 Å². The number of hydrogen-bond acceptors (Lipinski definition) is 6. The Labute approximate surface area is 119 Å². The minimum Gasteiger partial charge on any atom is -0.262 e. The number of nitrogens with one attached hydrogen (secondary N) is 1. The first-order valence-electron chi connectivity index (χ1n) is 5.54. The van der Waals surface area contributed by atoms with Gasteiger partial charge in [0.25, 0.3) is 15.7 Å². The van der Waals surface area contributed by atoms with Gasteiger partial charge in [0.05, 0.1) is 16.0 Å². The van der Waals surface area contributed by atoms with E-state index in [0.29, 0.717) is 0 Å². The third-order valence-corrected chi connectivity index (χ3v) is 3.97. The summed E-state index contributed by atoms with van der Waals surface area (Å²) in [4.78, 5) is 9.72. The molecule has 21 heavy (non-hydrogen) atoms. The molecule has 2 rings (SSSR count). The molecule has 1 N–H and O–H groups in total. The van der Waals surface area contributed by atoms with Gasteiger partial charge in [-0.25, -0.2) is 8.42 Å². The molecule has 2 aromatic rings. The number of nitro benzene ring substituents is 1. The minimum absolute atomic E-state index is 0.0102. The fraction of sp³-hybridized carbons (Fsp3) is 0.0909. The average molecular weight is 307 g/mol. The number of nitrogens with zero attached hydrogens (tertiary/aromatic N) is 4. The number of non-ortho nitro benzene ring substituents is 1. The standard InChI is InChI=1S/C11H9N5O4S/c1-15-11(8(6-12)7-13-15)14-21(19,20)10-4-2-3-9(5-10)16(17)18/h2-5,7,14H,1H3. The number of nitriles is 1. The van der Waals surface area contributed by atoms with E-state index in [4.69, 9.17) is 5.26 Å². The summed E-state index contributed by atoms with van der Waals surface area (Å²) in [7, 11) is -2.60. The van der Waals surface area contributed by atoms with Crippen LogP contribution in [0.15, 0.2) is 35.4 Å². The van der Waals surface area contributed by atoms with E-state index in [1.54, 1.807) is 6.07 Å². The van der Waals surface area contributed by atoms with Crippen LogP contribution in [0.5, 0.6) is 0 Å². The highest BCUT2D eigenvalue weighted by molar-refractivity contribution is 7.92. The van der Waals surface area contributed by atoms with Crippen molar-refractivity contribution in [2.24, 2.45) is 7.05 Å². The summed E-state index contributed by atoms with van der Waals surface area (Å²) >= 11 is 0. The van der Waals surface area contributed by atoms with E-state index in [2.05, 4.69) is 9.82 Å². The van der Waals surface area contributed by atoms with Crippen LogP contribution in [-0.4, -0.2) is 23.1 Å². The molecule has 0 unspecified atom stereocenters. The van der Waals surface area contributed by atoms with Gasteiger partial charge in [0, 0.05) is 19.2 Å². The molecule has 0 saturated heterocycles. The molecule has 10 heteroatoms. The largest absolute Gasteiger partial charge is 0.270 e. The van der Waals surface area contributed by atoms with Crippen LogP contribution in [-0.2, 0) is 17.1 Å². The topological polar surface area (TPSA) is 131 Å². The molecular formula is C11H9N5O4S. The van der Waals surface area contributed by atoms with Gasteiger partial charge in [0.1, 0.15) is 11.6 Å². The van der Waals surface area contributed by atoms with Crippen LogP contribution in [0.4, 0.5) is 11.5 Å². The zero-order valence-electron chi connectivity index (χ0n) is 10.7. The molecule has 1 aromatic carbocycles. The summed E-state index contributed by atoms with van der Waals surface area (Å²) < 4.78 is 27.8. The Bertz CT molecular complexity index is 850. The molecule has 0 spiro atoms. The Balaban J connectivity index is 2.44. The SMILES string of the molecule is Cn1ncc(C#N)c1NS(=O)(=O)c1cccc([N+](=O)[O-])c1. The van der Waals surface area contributed by atoms with E-state index >= 15 is 0 Å². The van der Waals surface area contributed by atoms with Gasteiger partial charge in [0.15, 0.2) is 5.82 Å². The fourth-order valence-corrected chi connectivity index (χ4v) is 2.74. The molecule has 0 atom stereocenters. The van der Waals surface area contributed by atoms with Gasteiger partial charge in [-0.3, -0.25) is 19.5 Å². The van der Waals surface area contributed by atoms with Gasteiger partial charge in [-0.05, 0) is 6.07 Å². The Morgan fingerprint density at radius 1 is 1.48 bits per heavy atom. The molecule has 108 valence electrons. The average Bonchev–Trinajstić information content (AvgIpc) is 2.79. The van der Waals surface area contributed by atoms with Gasteiger partial charge in [-0.2, -0.15) is 10.4 Å². The first-order chi connectivity index (χ1) is 9.85. The Hall–Kier alpha value is -2.93. The fourth-order valence-electron chi connectivity index (χ4n) is 1.59. The molecule has 0 fully saturated rings. The number of hydrogen-bond donors (Lipinski definition) is 1. The second-order valence-electron chi connectivity index (χ2n) is 4.00. The Morgan fingerprint density at radius 3 is 2.81 bits per heavy atom. The van der Waals surface area contributed by atoms with Gasteiger partial charge >= 0.3 is 0 Å². The van der Waals surface area contributed by atoms with Crippen molar-refractivity contribution in [3.63, 3.8) is 0 Å². The van der Waals surface area contributed by atoms with Crippen molar-refractivity contribution in [1.29, 1.82) is 5.26 Å². The molecule has 9 nitrogen and oxygen atoms in total. The number of nitro groups is 1. The summed E-state index contributed by atoms with van der Waals surface area (Å²) in [5.41, 5.74) is -0.296. The zero-order chi connectivity index (χ0) is 15.6. The molecule has 0 aliphatic rings. The quantitative estimate of drug-likeness (QED) is 0.662. The van der Waals surface area contributed by atoms with E-state index in [0.717, 1.165) is 6.07 Å². The monoisotopic (exact) mass is 307 g/mol. The van der Waals surface area contributed by atoms with Gasteiger partial charge in [0.2, 0.25) is 0 Å². The molecule has 0 aliphatic heterocycles. The Morgan fingerprint density at radius 2 is 2.19 bits per heavy atom. The number of sulfonamides is 1. The predicted molar refractivity (Wildman–Crippen MR) is 71.8 cm³/mol. The number of aromatic nitrogens is 2. The summed E-state index contributed by atoms with van der Waals surface area (Å²) in [5, 5.41) is 23.3. The number of anilines is 1. The van der Waals surface area contributed by atoms with Crippen LogP contribution in [0, 0.1) is 21.4 Å². The lowest BCUT2D eigenvalue weighted by atomic mass is 10.3. The van der Waals surface area contributed by atoms with E-state index in [1.807, 2.05) is 0 Å². The van der Waals surface area contributed by atoms with Gasteiger partial charge in [-0.1, -0.05) is 6.07 Å². The van der Waals surface area contributed by atoms with Crippen molar-refractivity contribution in [3.8, 4) is 6.07 Å². The summed E-state index contributed by atoms with van der Waals surface area (Å²) in [5.74, 6) is -0.0102. The zero-order valence-corrected chi connectivity index (χ0v) is 11.5. The first-order valence-corrected chi connectivity index (χ1v) is 7.03. The van der Waals surface area contributed by atoms with E-state index in [1.165, 1.54) is 36.1 Å². The maximum Gasteiger partial charge on any atom is 0.270 e. The van der Waals surface area contributed by atoms with Crippen molar-refractivity contribution in [1.82, 2.24) is 9.78 Å². The van der Waals surface area contributed by atoms with Gasteiger partial charge in [-0.15, -0.1) is 0 Å². The maximum atomic E-state index is 12.2. The van der Waals surface area contributed by atoms with Crippen LogP contribution < -0.4 is 4.72 Å². The van der Waals surface area contributed by atoms with Crippen LogP contribution >= 0.6 is 0 Å². The van der Waals surface area contributed by atoms with Crippen molar-refractivity contribution in [2.45, 2.75) is 4.90 Å². The molecule has 0 amide bonds. The summed E-state index contributed by atoms with van der Waals surface area (Å²) in [6.45, 7) is 0. The molecule has 1 heterocycles. The second-order valence-corrected chi connectivity index (χ2v) is 5.68. The molecule has 0 saturated carbocycles. The predicted octanol–water partition coefficient (Wildman–Crippen LogP) is 1.00. The normalized spacial score (nSPS) is 10.9. The molecule has 0 aliphatic carbocycles. The number of aryl methyl sites for hydroxylation is 1. The maximum absolute atomic E-state index is 12.2. The smallest absolute Gasteiger partial charge is 0.262 e. The van der Waals surface area contributed by atoms with Crippen molar-refractivity contribution in [3.05, 3.63) is 46.1 Å².